The molecule has 22 heavy (non-hydrogen) atoms. The predicted octanol–water partition coefficient (Wildman–Crippen LogP) is 4.66. The molecule has 102 valence electrons. The van der Waals surface area contributed by atoms with Crippen molar-refractivity contribution in [1.29, 1.82) is 0 Å². The van der Waals surface area contributed by atoms with Crippen molar-refractivity contribution in [3.05, 3.63) is 106 Å². The highest BCUT2D eigenvalue weighted by atomic mass is 14.4. The molecule has 0 unspecified atom stereocenters. The zero-order valence-corrected chi connectivity index (χ0v) is 12.1. The highest BCUT2D eigenvalue weighted by molar-refractivity contribution is 5.68. The van der Waals surface area contributed by atoms with Crippen LogP contribution in [0, 0.1) is 12.3 Å². The van der Waals surface area contributed by atoms with Crippen LogP contribution in [0.3, 0.4) is 0 Å². The van der Waals surface area contributed by atoms with Gasteiger partial charge in [-0.1, -0.05) is 60.5 Å². The maximum atomic E-state index is 5.62. The Hall–Kier alpha value is -2.78. The van der Waals surface area contributed by atoms with E-state index in [1.165, 1.54) is 33.4 Å². The Balaban J connectivity index is 1.90. The second kappa shape index (κ2) is 4.12. The SMILES string of the molecule is C#Cc1ccc2c(c1)C1c3ccccc3C2c2ccccc21. The lowest BCUT2D eigenvalue weighted by Crippen LogP contribution is -2.27. The molecule has 0 fully saturated rings. The molecule has 0 radical (unpaired) electrons. The molecule has 6 rings (SSSR count). The van der Waals surface area contributed by atoms with Gasteiger partial charge >= 0.3 is 0 Å². The Morgan fingerprint density at radius 1 is 0.591 bits per heavy atom. The Labute approximate surface area is 130 Å². The van der Waals surface area contributed by atoms with E-state index in [2.05, 4.69) is 72.7 Å². The van der Waals surface area contributed by atoms with Gasteiger partial charge < -0.3 is 0 Å². The van der Waals surface area contributed by atoms with Crippen LogP contribution in [-0.2, 0) is 0 Å². The van der Waals surface area contributed by atoms with Gasteiger partial charge in [-0.15, -0.1) is 6.42 Å². The van der Waals surface area contributed by atoms with Gasteiger partial charge in [0.25, 0.3) is 0 Å². The molecule has 0 atom stereocenters. The van der Waals surface area contributed by atoms with E-state index in [0.29, 0.717) is 11.8 Å². The zero-order chi connectivity index (χ0) is 14.7. The minimum absolute atomic E-state index is 0.320. The summed E-state index contributed by atoms with van der Waals surface area (Å²) in [5, 5.41) is 0. The molecule has 0 aromatic heterocycles. The van der Waals surface area contributed by atoms with Crippen molar-refractivity contribution in [3.63, 3.8) is 0 Å². The van der Waals surface area contributed by atoms with E-state index in [9.17, 15) is 0 Å². The molecule has 3 aromatic carbocycles. The van der Waals surface area contributed by atoms with Crippen molar-refractivity contribution in [3.8, 4) is 12.3 Å². The summed E-state index contributed by atoms with van der Waals surface area (Å²) in [4.78, 5) is 0. The number of hydrogen-bond donors (Lipinski definition) is 0. The minimum atomic E-state index is 0.320. The number of benzene rings is 3. The lowest BCUT2D eigenvalue weighted by molar-refractivity contribution is 0.754. The third kappa shape index (κ3) is 1.34. The van der Waals surface area contributed by atoms with Gasteiger partial charge in [-0.3, -0.25) is 0 Å². The number of terminal acetylenes is 1. The Morgan fingerprint density at radius 3 is 1.55 bits per heavy atom. The fourth-order valence-corrected chi connectivity index (χ4v) is 4.26. The summed E-state index contributed by atoms with van der Waals surface area (Å²) < 4.78 is 0. The number of hydrogen-bond acceptors (Lipinski definition) is 0. The molecule has 0 heterocycles. The second-order valence-corrected chi connectivity index (χ2v) is 6.11. The van der Waals surface area contributed by atoms with E-state index >= 15 is 0 Å². The smallest absolute Gasteiger partial charge is 0.0349 e. The quantitative estimate of drug-likeness (QED) is 0.362. The molecular weight excluding hydrogens is 264 g/mol. The first kappa shape index (κ1) is 11.8. The molecule has 0 saturated heterocycles. The van der Waals surface area contributed by atoms with Gasteiger partial charge in [-0.05, 0) is 45.5 Å². The molecule has 3 aromatic rings. The van der Waals surface area contributed by atoms with Crippen molar-refractivity contribution >= 4 is 0 Å². The van der Waals surface area contributed by atoms with Crippen LogP contribution in [-0.4, -0.2) is 0 Å². The summed E-state index contributed by atoms with van der Waals surface area (Å²) in [6.45, 7) is 0. The molecule has 0 heteroatoms. The maximum absolute atomic E-state index is 5.62. The van der Waals surface area contributed by atoms with Crippen molar-refractivity contribution < 1.29 is 0 Å². The standard InChI is InChI=1S/C22H14/c1-2-14-11-12-19-20(13-14)22-17-9-5-3-7-15(17)21(19)16-8-4-6-10-18(16)22/h1,3-13,21-22H. The molecule has 0 spiro atoms. The first-order valence-corrected chi connectivity index (χ1v) is 7.66. The van der Waals surface area contributed by atoms with Crippen molar-refractivity contribution in [2.75, 3.05) is 0 Å². The molecule has 0 aliphatic heterocycles. The van der Waals surface area contributed by atoms with Crippen molar-refractivity contribution in [2.24, 2.45) is 0 Å². The van der Waals surface area contributed by atoms with Crippen LogP contribution in [0.15, 0.2) is 66.7 Å². The minimum Gasteiger partial charge on any atom is -0.115 e. The first-order chi connectivity index (χ1) is 10.9. The van der Waals surface area contributed by atoms with Crippen LogP contribution in [0.4, 0.5) is 0 Å². The Morgan fingerprint density at radius 2 is 1.05 bits per heavy atom. The highest BCUT2D eigenvalue weighted by Crippen LogP contribution is 2.55. The third-order valence-corrected chi connectivity index (χ3v) is 5.11. The van der Waals surface area contributed by atoms with Gasteiger partial charge in [0.2, 0.25) is 0 Å². The maximum Gasteiger partial charge on any atom is 0.0349 e. The third-order valence-electron chi connectivity index (χ3n) is 5.11. The molecule has 0 N–H and O–H groups in total. The summed E-state index contributed by atoms with van der Waals surface area (Å²) in [7, 11) is 0. The summed E-state index contributed by atoms with van der Waals surface area (Å²) in [5.74, 6) is 3.45. The average molecular weight is 278 g/mol. The van der Waals surface area contributed by atoms with Gasteiger partial charge in [0, 0.05) is 17.4 Å². The zero-order valence-electron chi connectivity index (χ0n) is 12.1. The van der Waals surface area contributed by atoms with Gasteiger partial charge in [0.1, 0.15) is 0 Å². The van der Waals surface area contributed by atoms with Gasteiger partial charge in [0.15, 0.2) is 0 Å². The molecule has 3 aliphatic carbocycles. The van der Waals surface area contributed by atoms with Crippen LogP contribution in [0.25, 0.3) is 0 Å². The normalized spacial score (nSPS) is 19.8. The van der Waals surface area contributed by atoms with Gasteiger partial charge in [-0.2, -0.15) is 0 Å². The molecule has 0 nitrogen and oxygen atoms in total. The molecule has 2 bridgehead atoms. The summed E-state index contributed by atoms with van der Waals surface area (Å²) >= 11 is 0. The Kier molecular flexibility index (Phi) is 2.22. The van der Waals surface area contributed by atoms with Gasteiger partial charge in [-0.25, -0.2) is 0 Å². The monoisotopic (exact) mass is 278 g/mol. The highest BCUT2D eigenvalue weighted by Gasteiger charge is 2.40. The van der Waals surface area contributed by atoms with Crippen LogP contribution in [0.1, 0.15) is 50.8 Å². The first-order valence-electron chi connectivity index (χ1n) is 7.66. The molecule has 3 aliphatic rings. The van der Waals surface area contributed by atoms with Crippen LogP contribution in [0.2, 0.25) is 0 Å². The van der Waals surface area contributed by atoms with E-state index in [-0.39, 0.29) is 0 Å². The second-order valence-electron chi connectivity index (χ2n) is 6.11. The van der Waals surface area contributed by atoms with E-state index in [0.717, 1.165) is 5.56 Å². The van der Waals surface area contributed by atoms with Crippen molar-refractivity contribution in [2.45, 2.75) is 11.8 Å². The predicted molar refractivity (Wildman–Crippen MR) is 89.2 cm³/mol. The van der Waals surface area contributed by atoms with Crippen LogP contribution in [0.5, 0.6) is 0 Å². The van der Waals surface area contributed by atoms with E-state index in [4.69, 9.17) is 6.42 Å². The van der Waals surface area contributed by atoms with Crippen molar-refractivity contribution in [1.82, 2.24) is 0 Å². The largest absolute Gasteiger partial charge is 0.115 e. The molecular formula is C22H14. The molecule has 0 amide bonds. The molecule has 0 saturated carbocycles. The summed E-state index contributed by atoms with van der Waals surface area (Å²) in [6.07, 6.45) is 5.62. The lowest BCUT2D eigenvalue weighted by Gasteiger charge is -2.42. The Bertz CT molecular complexity index is 908. The van der Waals surface area contributed by atoms with Gasteiger partial charge in [0.05, 0.1) is 0 Å². The summed E-state index contributed by atoms with van der Waals surface area (Å²) in [5.41, 5.74) is 9.56. The lowest BCUT2D eigenvalue weighted by atomic mass is 9.61. The topological polar surface area (TPSA) is 0 Å². The van der Waals surface area contributed by atoms with E-state index in [1.54, 1.807) is 0 Å². The van der Waals surface area contributed by atoms with Crippen LogP contribution < -0.4 is 0 Å². The number of rotatable bonds is 0. The fraction of sp³-hybridized carbons (Fsp3) is 0.0909. The van der Waals surface area contributed by atoms with E-state index < -0.39 is 0 Å². The van der Waals surface area contributed by atoms with Crippen LogP contribution >= 0.6 is 0 Å². The van der Waals surface area contributed by atoms with E-state index in [1.807, 2.05) is 0 Å². The fourth-order valence-electron chi connectivity index (χ4n) is 4.26. The summed E-state index contributed by atoms with van der Waals surface area (Å²) in [6, 6.07) is 24.2. The average Bonchev–Trinajstić information content (AvgIpc) is 2.60.